The number of amides is 8. The fourth-order valence-corrected chi connectivity index (χ4v) is 12.8. The maximum atomic E-state index is 14.9. The van der Waals surface area contributed by atoms with Gasteiger partial charge in [0.2, 0.25) is 35.4 Å². The Labute approximate surface area is 458 Å². The number of aromatic nitrogens is 1. The van der Waals surface area contributed by atoms with Gasteiger partial charge in [0.05, 0.1) is 15.8 Å². The number of carbonyl (C=O) groups is 8. The van der Waals surface area contributed by atoms with Crippen LogP contribution >= 0.6 is 30.3 Å². The lowest BCUT2D eigenvalue weighted by Gasteiger charge is -2.39. The van der Waals surface area contributed by atoms with E-state index in [0.717, 1.165) is 23.5 Å². The summed E-state index contributed by atoms with van der Waals surface area (Å²) < 4.78 is 55.1. The standard InChI is InChI=1S/C54H54F3N8O11PS2/c55-34-14-11-31(12-15-34)44-27-59-51(79-44)38(17-21-45(58)66)60-49(70)41-18-16-35-23-24-63(29-39(53(73)65(35)41)61-50(71)43-26-32-25-33(13-20-42(32)78-43)54(56,57)77(74,75)76)47(68)10-5-3-1-2-4-7-30-8-6-9-36-37(30)28-64(52(36)72)40-19-22-46(67)62-48(40)69/h6,8-9,11-15,20,25-27,35,38-41H,1-3,5,10,16-19,21-24,28-29H2,(H2,58,66)(H,60,70)(H,61,71)(H,62,67,69)(H2,74,75,76)/t35-,38?,39+,40?,41+/m1/s1. The van der Waals surface area contributed by atoms with Gasteiger partial charge >= 0.3 is 13.3 Å². The monoisotopic (exact) mass is 1140 g/mol. The van der Waals surface area contributed by atoms with Crippen LogP contribution in [0.5, 0.6) is 0 Å². The number of thiazole rings is 1. The molecule has 5 atom stereocenters. The number of benzene rings is 3. The fourth-order valence-electron chi connectivity index (χ4n) is 10.4. The van der Waals surface area contributed by atoms with Gasteiger partial charge in [-0.15, -0.1) is 22.7 Å². The molecule has 5 aromatic rings. The second-order valence-electron chi connectivity index (χ2n) is 19.8. The van der Waals surface area contributed by atoms with Crippen molar-refractivity contribution in [3.63, 3.8) is 0 Å². The number of imide groups is 1. The molecule has 2 aromatic heterocycles. The number of nitrogens with one attached hydrogen (secondary N) is 3. The minimum Gasteiger partial charge on any atom is -0.370 e. The fraction of sp³-hybridized carbons (Fsp3) is 0.389. The summed E-state index contributed by atoms with van der Waals surface area (Å²) in [5.74, 6) is 1.77. The topological polar surface area (TPSA) is 279 Å². The molecule has 3 saturated heterocycles. The molecular formula is C54H54F3N8O11PS2. The van der Waals surface area contributed by atoms with Gasteiger partial charge in [-0.05, 0) is 104 Å². The zero-order chi connectivity index (χ0) is 56.3. The van der Waals surface area contributed by atoms with Crippen molar-refractivity contribution in [2.75, 3.05) is 13.1 Å². The zero-order valence-corrected chi connectivity index (χ0v) is 44.8. The summed E-state index contributed by atoms with van der Waals surface area (Å²) in [5, 5.41) is 8.53. The van der Waals surface area contributed by atoms with E-state index < -0.39 is 84.4 Å². The summed E-state index contributed by atoms with van der Waals surface area (Å²) in [7, 11) is -5.91. The molecule has 79 heavy (non-hydrogen) atoms. The van der Waals surface area contributed by atoms with Crippen LogP contribution in [0.1, 0.15) is 125 Å². The number of hydrogen-bond acceptors (Lipinski definition) is 12. The zero-order valence-electron chi connectivity index (χ0n) is 42.3. The number of rotatable bonds is 17. The summed E-state index contributed by atoms with van der Waals surface area (Å²) in [6, 6.07) is 10.6. The Morgan fingerprint density at radius 3 is 2.48 bits per heavy atom. The first-order valence-electron chi connectivity index (χ1n) is 25.6. The molecule has 19 nitrogen and oxygen atoms in total. The lowest BCUT2D eigenvalue weighted by atomic mass is 10.0. The van der Waals surface area contributed by atoms with Crippen LogP contribution in [0.2, 0.25) is 0 Å². The Morgan fingerprint density at radius 2 is 1.73 bits per heavy atom. The van der Waals surface area contributed by atoms with Gasteiger partial charge in [0.15, 0.2) is 0 Å². The molecule has 0 saturated carbocycles. The van der Waals surface area contributed by atoms with Crippen LogP contribution in [0.3, 0.4) is 0 Å². The van der Waals surface area contributed by atoms with Crippen molar-refractivity contribution in [3.05, 3.63) is 111 Å². The highest BCUT2D eigenvalue weighted by molar-refractivity contribution is 7.52. The van der Waals surface area contributed by atoms with Crippen molar-refractivity contribution in [2.45, 2.75) is 119 Å². The molecule has 9 rings (SSSR count). The highest BCUT2D eigenvalue weighted by atomic mass is 32.1. The summed E-state index contributed by atoms with van der Waals surface area (Å²) in [6.45, 7) is 0.0641. The number of alkyl halides is 2. The molecule has 414 valence electrons. The number of fused-ring (bicyclic) bond motifs is 3. The summed E-state index contributed by atoms with van der Waals surface area (Å²) in [4.78, 5) is 135. The van der Waals surface area contributed by atoms with Crippen LogP contribution in [0.15, 0.2) is 72.9 Å². The highest BCUT2D eigenvalue weighted by Crippen LogP contribution is 2.59. The van der Waals surface area contributed by atoms with Gasteiger partial charge in [0, 0.05) is 78.9 Å². The summed E-state index contributed by atoms with van der Waals surface area (Å²) in [5.41, 5.74) is 2.53. The van der Waals surface area contributed by atoms with Crippen molar-refractivity contribution in [1.29, 1.82) is 0 Å². The average molecular weight is 1140 g/mol. The quantitative estimate of drug-likeness (QED) is 0.0272. The van der Waals surface area contributed by atoms with Gasteiger partial charge in [0.1, 0.15) is 29.0 Å². The van der Waals surface area contributed by atoms with Crippen LogP contribution in [0.25, 0.3) is 20.5 Å². The van der Waals surface area contributed by atoms with E-state index in [1.807, 2.05) is 0 Å². The van der Waals surface area contributed by atoms with Gasteiger partial charge in [-0.2, -0.15) is 8.78 Å². The molecule has 6 heterocycles. The third-order valence-corrected chi connectivity index (χ3v) is 17.8. The second kappa shape index (κ2) is 23.6. The average Bonchev–Trinajstić information content (AvgIpc) is 4.46. The number of carbonyl (C=O) groups excluding carboxylic acids is 8. The van der Waals surface area contributed by atoms with Crippen LogP contribution in [0, 0.1) is 17.7 Å². The van der Waals surface area contributed by atoms with Crippen molar-refractivity contribution in [3.8, 4) is 22.3 Å². The third kappa shape index (κ3) is 12.5. The van der Waals surface area contributed by atoms with Crippen LogP contribution in [0.4, 0.5) is 13.2 Å². The van der Waals surface area contributed by atoms with Gasteiger partial charge < -0.3 is 40.9 Å². The smallest absolute Gasteiger partial charge is 0.370 e. The van der Waals surface area contributed by atoms with Crippen molar-refractivity contribution < 1.29 is 65.9 Å². The van der Waals surface area contributed by atoms with Gasteiger partial charge in [0.25, 0.3) is 11.8 Å². The number of halogens is 3. The Bertz CT molecular complexity index is 3380. The number of nitrogens with two attached hydrogens (primary N) is 1. The first-order valence-corrected chi connectivity index (χ1v) is 28.9. The molecule has 3 aromatic carbocycles. The number of hydrogen-bond donors (Lipinski definition) is 6. The van der Waals surface area contributed by atoms with Crippen LogP contribution < -0.4 is 21.7 Å². The Morgan fingerprint density at radius 1 is 0.949 bits per heavy atom. The summed E-state index contributed by atoms with van der Waals surface area (Å²) >= 11 is 2.11. The van der Waals surface area contributed by atoms with E-state index in [9.17, 15) is 65.9 Å². The molecule has 25 heteroatoms. The number of primary amides is 1. The minimum absolute atomic E-state index is 0.0326. The summed E-state index contributed by atoms with van der Waals surface area (Å²) in [6.07, 6.45) is 5.05. The second-order valence-corrected chi connectivity index (χ2v) is 23.6. The van der Waals surface area contributed by atoms with E-state index in [4.69, 9.17) is 5.73 Å². The Balaban J connectivity index is 0.881. The Hall–Kier alpha value is -7.29. The van der Waals surface area contributed by atoms with Crippen molar-refractivity contribution in [1.82, 2.24) is 35.6 Å². The first kappa shape index (κ1) is 56.4. The Kier molecular flexibility index (Phi) is 16.8. The van der Waals surface area contributed by atoms with E-state index in [-0.39, 0.29) is 86.1 Å². The molecular weight excluding hydrogens is 1090 g/mol. The van der Waals surface area contributed by atoms with Crippen LogP contribution in [-0.2, 0) is 45.5 Å². The minimum atomic E-state index is -5.91. The molecule has 3 fully saturated rings. The normalized spacial score (nSPS) is 19.9. The van der Waals surface area contributed by atoms with Gasteiger partial charge in [-0.1, -0.05) is 42.5 Å². The molecule has 7 N–H and O–H groups in total. The molecule has 4 aliphatic heterocycles. The predicted molar refractivity (Wildman–Crippen MR) is 283 cm³/mol. The molecule has 0 spiro atoms. The van der Waals surface area contributed by atoms with Gasteiger partial charge in [-0.25, -0.2) is 9.37 Å². The molecule has 4 aliphatic rings. The molecule has 0 radical (unpaired) electrons. The van der Waals surface area contributed by atoms with Crippen molar-refractivity contribution >= 4 is 87.6 Å². The largest absolute Gasteiger partial charge is 0.399 e. The molecule has 2 unspecified atom stereocenters. The van der Waals surface area contributed by atoms with Crippen molar-refractivity contribution in [2.24, 2.45) is 5.73 Å². The maximum absolute atomic E-state index is 14.9. The van der Waals surface area contributed by atoms with E-state index in [2.05, 4.69) is 32.8 Å². The molecule has 8 amide bonds. The van der Waals surface area contributed by atoms with E-state index in [1.165, 1.54) is 50.3 Å². The number of nitrogens with zero attached hydrogens (tertiary/aromatic N) is 4. The number of unbranched alkanes of at least 4 members (excludes halogenated alkanes) is 3. The third-order valence-electron chi connectivity index (χ3n) is 14.5. The van der Waals surface area contributed by atoms with Crippen LogP contribution in [-0.4, -0.2) is 114 Å². The first-order chi connectivity index (χ1) is 37.7. The SMILES string of the molecule is NC(=O)CCC(NC(=O)[C@@H]1CC[C@@H]2CCN(C(=O)CCCCCC#Cc3cccc4c3CN(C3CCC(=O)NC3=O)C4=O)C[C@H](NC(=O)c3cc4cc(C(F)(F)P(=O)(O)O)ccc4s3)C(=O)N21)c1ncc(-c2ccc(F)cc2)s1. The number of piperidine rings is 1. The number of thiophene rings is 1. The van der Waals surface area contributed by atoms with Gasteiger partial charge in [-0.3, -0.25) is 48.2 Å². The lowest BCUT2D eigenvalue weighted by molar-refractivity contribution is -0.145. The maximum Gasteiger partial charge on any atom is 0.399 e. The molecule has 0 bridgehead atoms. The highest BCUT2D eigenvalue weighted by Gasteiger charge is 2.51. The predicted octanol–water partition coefficient (Wildman–Crippen LogP) is 5.97. The van der Waals surface area contributed by atoms with E-state index >= 15 is 0 Å². The lowest BCUT2D eigenvalue weighted by Crippen LogP contribution is -2.61. The van der Waals surface area contributed by atoms with E-state index in [0.29, 0.717) is 75.4 Å². The van der Waals surface area contributed by atoms with E-state index in [1.54, 1.807) is 36.5 Å². The molecule has 0 aliphatic carbocycles.